The predicted molar refractivity (Wildman–Crippen MR) is 202 cm³/mol. The number of carbonyl (C=O) groups is 2. The first-order chi connectivity index (χ1) is 26.9. The number of nitrogens with one attached hydrogen (secondary N) is 1. The van der Waals surface area contributed by atoms with Gasteiger partial charge in [-0.1, -0.05) is 65.7 Å². The Bertz CT molecular complexity index is 2040. The fourth-order valence-corrected chi connectivity index (χ4v) is 8.26. The lowest BCUT2D eigenvalue weighted by atomic mass is 9.82. The lowest BCUT2D eigenvalue weighted by Crippen LogP contribution is -2.52. The molecule has 4 aromatic rings. The molecule has 1 aromatic heterocycles. The fourth-order valence-electron chi connectivity index (χ4n) is 7.66. The molecular weight excluding hydrogens is 771 g/mol. The van der Waals surface area contributed by atoms with E-state index in [1.807, 2.05) is 6.07 Å². The van der Waals surface area contributed by atoms with Gasteiger partial charge in [0.15, 0.2) is 23.9 Å². The molecule has 4 fully saturated rings. The van der Waals surface area contributed by atoms with Gasteiger partial charge in [-0.2, -0.15) is 13.5 Å². The van der Waals surface area contributed by atoms with Crippen LogP contribution in [-0.2, 0) is 22.5 Å². The lowest BCUT2D eigenvalue weighted by molar-refractivity contribution is -0.605. The van der Waals surface area contributed by atoms with Crippen molar-refractivity contribution in [2.45, 2.75) is 63.3 Å². The van der Waals surface area contributed by atoms with Crippen molar-refractivity contribution in [2.75, 3.05) is 26.2 Å². The molecule has 296 valence electrons. The summed E-state index contributed by atoms with van der Waals surface area (Å²) in [4.78, 5) is 28.7. The Morgan fingerprint density at radius 2 is 1.66 bits per heavy atom. The second-order valence-electron chi connectivity index (χ2n) is 14.6. The summed E-state index contributed by atoms with van der Waals surface area (Å²) in [6, 6.07) is 15.2. The van der Waals surface area contributed by atoms with Crippen molar-refractivity contribution in [3.05, 3.63) is 122 Å². The Balaban J connectivity index is 1.30. The summed E-state index contributed by atoms with van der Waals surface area (Å²) in [6.45, 7) is -0.456. The highest BCUT2D eigenvalue weighted by molar-refractivity contribution is 6.35. The molecule has 15 heteroatoms. The Hall–Kier alpha value is -4.69. The van der Waals surface area contributed by atoms with Crippen LogP contribution in [0.25, 0.3) is 0 Å². The van der Waals surface area contributed by atoms with E-state index in [0.717, 1.165) is 51.2 Å². The van der Waals surface area contributed by atoms with Crippen molar-refractivity contribution in [1.82, 2.24) is 10.2 Å². The highest BCUT2D eigenvalue weighted by Crippen LogP contribution is 2.42. The third-order valence-corrected chi connectivity index (χ3v) is 11.5. The zero-order valence-electron chi connectivity index (χ0n) is 30.2. The van der Waals surface area contributed by atoms with Crippen LogP contribution in [0.1, 0.15) is 75.8 Å². The van der Waals surface area contributed by atoms with Crippen LogP contribution < -0.4 is 19.5 Å². The van der Waals surface area contributed by atoms with Crippen LogP contribution in [0.5, 0.6) is 17.2 Å². The number of hydrogen-bond acceptors (Lipinski definition) is 9. The molecule has 3 aliphatic heterocycles. The lowest BCUT2D eigenvalue weighted by Gasteiger charge is -2.44. The Kier molecular flexibility index (Phi) is 12.2. The number of carboxylic acid groups (broad SMARTS) is 1. The number of piperidine rings is 3. The van der Waals surface area contributed by atoms with E-state index in [9.17, 15) is 33.8 Å². The molecule has 3 N–H and O–H groups in total. The van der Waals surface area contributed by atoms with Crippen molar-refractivity contribution in [3.8, 4) is 17.2 Å². The number of hydrogen-bond donors (Lipinski definition) is 3. The predicted octanol–water partition coefficient (Wildman–Crippen LogP) is 7.26. The summed E-state index contributed by atoms with van der Waals surface area (Å²) in [7, 11) is 0. The number of aromatic hydroxyl groups is 1. The Labute approximate surface area is 332 Å². The van der Waals surface area contributed by atoms with Gasteiger partial charge < -0.3 is 29.6 Å². The van der Waals surface area contributed by atoms with Crippen LogP contribution in [0.4, 0.5) is 8.78 Å². The van der Waals surface area contributed by atoms with Crippen molar-refractivity contribution in [1.29, 1.82) is 0 Å². The van der Waals surface area contributed by atoms with Crippen LogP contribution in [0.3, 0.4) is 0 Å². The first-order valence-corrected chi connectivity index (χ1v) is 19.3. The van der Waals surface area contributed by atoms with Crippen molar-refractivity contribution >= 4 is 35.1 Å². The number of aromatic nitrogens is 1. The van der Waals surface area contributed by atoms with E-state index in [4.69, 9.17) is 37.4 Å². The summed E-state index contributed by atoms with van der Waals surface area (Å²) in [5, 5.41) is 37.3. The molecule has 4 heterocycles. The minimum absolute atomic E-state index is 0.0121. The van der Waals surface area contributed by atoms with E-state index < -0.39 is 36.3 Å². The first kappa shape index (κ1) is 39.5. The normalized spacial score (nSPS) is 20.1. The molecule has 3 atom stereocenters. The van der Waals surface area contributed by atoms with Crippen LogP contribution in [0.15, 0.2) is 73.1 Å². The van der Waals surface area contributed by atoms with Crippen LogP contribution in [0.2, 0.25) is 10.0 Å². The Morgan fingerprint density at radius 1 is 0.946 bits per heavy atom. The van der Waals surface area contributed by atoms with Gasteiger partial charge in [-0.05, 0) is 91.9 Å². The standard InChI is InChI=1S/C41H41Cl2F2N3O8/c42-32-19-48(53)20-33(43)30(32)17-29(26-8-11-34(56-41(44)45)35(16-26)54-22-23-6-7-23)27-9-10-28(39(50)51)38(49)31(27)18-46-37(25-4-2-1-3-5-25)40(52)55-36-21-47-14-12-24(36)13-15-47/h1-5,8-11,16,19-20,23-24,29,36-37,41,46,49H,6-7,12-15,17-18,21-22H2,(H,50,51)/t29-,36-,37?/m0/s1. The largest absolute Gasteiger partial charge is 0.619 e. The van der Waals surface area contributed by atoms with E-state index in [0.29, 0.717) is 33.5 Å². The molecule has 3 saturated heterocycles. The maximum absolute atomic E-state index is 14.0. The molecule has 2 bridgehead atoms. The molecule has 3 aromatic carbocycles. The average Bonchev–Trinajstić information content (AvgIpc) is 4.00. The van der Waals surface area contributed by atoms with Gasteiger partial charge in [-0.3, -0.25) is 10.2 Å². The van der Waals surface area contributed by atoms with E-state index in [-0.39, 0.29) is 70.2 Å². The number of fused-ring (bicyclic) bond motifs is 3. The van der Waals surface area contributed by atoms with Gasteiger partial charge in [-0.25, -0.2) is 9.59 Å². The van der Waals surface area contributed by atoms with Gasteiger partial charge in [0.2, 0.25) is 0 Å². The minimum atomic E-state index is -3.12. The second-order valence-corrected chi connectivity index (χ2v) is 15.4. The molecule has 1 saturated carbocycles. The number of pyridine rings is 1. The number of ether oxygens (including phenoxy) is 3. The number of esters is 1. The summed E-state index contributed by atoms with van der Waals surface area (Å²) >= 11 is 13.2. The van der Waals surface area contributed by atoms with E-state index in [2.05, 4.69) is 10.2 Å². The van der Waals surface area contributed by atoms with Crippen molar-refractivity contribution in [2.24, 2.45) is 11.8 Å². The highest BCUT2D eigenvalue weighted by Gasteiger charge is 2.38. The monoisotopic (exact) mass is 811 g/mol. The number of aromatic carboxylic acids is 1. The zero-order valence-corrected chi connectivity index (χ0v) is 31.7. The molecule has 4 aliphatic rings. The first-order valence-electron chi connectivity index (χ1n) is 18.5. The van der Waals surface area contributed by atoms with Gasteiger partial charge in [0.1, 0.15) is 33.5 Å². The topological polar surface area (TPSA) is 144 Å². The van der Waals surface area contributed by atoms with Crippen molar-refractivity contribution < 1.29 is 47.5 Å². The number of carboxylic acids is 1. The number of nitrogens with zero attached hydrogens (tertiary/aromatic N) is 2. The van der Waals surface area contributed by atoms with E-state index >= 15 is 0 Å². The number of benzene rings is 3. The Morgan fingerprint density at radius 3 is 2.29 bits per heavy atom. The maximum atomic E-state index is 14.0. The summed E-state index contributed by atoms with van der Waals surface area (Å²) in [5.74, 6) is -2.81. The molecule has 1 unspecified atom stereocenters. The molecular formula is C41H41Cl2F2N3O8. The van der Waals surface area contributed by atoms with E-state index in [1.54, 1.807) is 42.5 Å². The van der Waals surface area contributed by atoms with Crippen LogP contribution >= 0.6 is 23.2 Å². The number of phenols is 1. The average molecular weight is 813 g/mol. The van der Waals surface area contributed by atoms with Gasteiger partial charge >= 0.3 is 18.6 Å². The number of alkyl halides is 2. The van der Waals surface area contributed by atoms with Crippen LogP contribution in [-0.4, -0.2) is 66.0 Å². The van der Waals surface area contributed by atoms with E-state index in [1.165, 1.54) is 12.1 Å². The summed E-state index contributed by atoms with van der Waals surface area (Å²) < 4.78 is 44.4. The maximum Gasteiger partial charge on any atom is 0.387 e. The molecule has 11 nitrogen and oxygen atoms in total. The number of carbonyl (C=O) groups excluding carboxylic acids is 1. The van der Waals surface area contributed by atoms with Gasteiger partial charge in [-0.15, -0.1) is 0 Å². The molecule has 0 spiro atoms. The summed E-state index contributed by atoms with van der Waals surface area (Å²) in [6.07, 6.45) is 5.79. The van der Waals surface area contributed by atoms with Crippen molar-refractivity contribution in [3.63, 3.8) is 0 Å². The quantitative estimate of drug-likeness (QED) is 0.0601. The minimum Gasteiger partial charge on any atom is -0.619 e. The SMILES string of the molecule is O=C(O)c1ccc([C@@H](Cc2c(Cl)c[n+]([O-])cc2Cl)c2ccc(OC(F)F)c(OCC3CC3)c2)c(CNC(C(=O)O[C@H]2CN3CCC2CC3)c2ccccc2)c1O. The number of halogens is 4. The molecule has 0 radical (unpaired) electrons. The smallest absolute Gasteiger partial charge is 0.387 e. The van der Waals surface area contributed by atoms with Gasteiger partial charge in [0, 0.05) is 30.1 Å². The summed E-state index contributed by atoms with van der Waals surface area (Å²) in [5.41, 5.74) is 1.62. The highest BCUT2D eigenvalue weighted by atomic mass is 35.5. The second kappa shape index (κ2) is 17.2. The molecule has 8 rings (SSSR count). The van der Waals surface area contributed by atoms with Gasteiger partial charge in [0.25, 0.3) is 0 Å². The number of rotatable bonds is 16. The van der Waals surface area contributed by atoms with Crippen LogP contribution in [0, 0.1) is 17.0 Å². The fraction of sp³-hybridized carbons (Fsp3) is 0.390. The molecule has 1 aliphatic carbocycles. The zero-order chi connectivity index (χ0) is 39.5. The molecule has 56 heavy (non-hydrogen) atoms. The van der Waals surface area contributed by atoms with Gasteiger partial charge in [0.05, 0.1) is 6.61 Å². The third kappa shape index (κ3) is 9.12. The molecule has 0 amide bonds. The third-order valence-electron chi connectivity index (χ3n) is 10.9.